The molecule has 1 atom stereocenters. The van der Waals surface area contributed by atoms with Gasteiger partial charge in [-0.25, -0.2) is 0 Å². The molecule has 0 N–H and O–H groups in total. The highest BCUT2D eigenvalue weighted by Gasteiger charge is 2.29. The van der Waals surface area contributed by atoms with Crippen molar-refractivity contribution in [3.63, 3.8) is 0 Å². The Hall–Kier alpha value is -2.92. The van der Waals surface area contributed by atoms with Crippen molar-refractivity contribution in [1.82, 2.24) is 14.5 Å². The zero-order chi connectivity index (χ0) is 19.5. The summed E-state index contributed by atoms with van der Waals surface area (Å²) in [6, 6.07) is 17.9. The number of para-hydroxylation sites is 1. The van der Waals surface area contributed by atoms with Gasteiger partial charge >= 0.3 is 0 Å². The maximum absolute atomic E-state index is 13.1. The number of aryl methyl sites for hydroxylation is 1. The van der Waals surface area contributed by atoms with Crippen molar-refractivity contribution in [2.24, 2.45) is 0 Å². The van der Waals surface area contributed by atoms with Crippen LogP contribution in [0.3, 0.4) is 0 Å². The van der Waals surface area contributed by atoms with E-state index in [0.29, 0.717) is 13.2 Å². The van der Waals surface area contributed by atoms with Crippen LogP contribution in [0.4, 0.5) is 0 Å². The summed E-state index contributed by atoms with van der Waals surface area (Å²) >= 11 is 0. The first-order chi connectivity index (χ1) is 13.6. The molecule has 0 radical (unpaired) electrons. The van der Waals surface area contributed by atoms with Crippen LogP contribution in [0.15, 0.2) is 60.8 Å². The highest BCUT2D eigenvalue weighted by Crippen LogP contribution is 2.24. The van der Waals surface area contributed by atoms with Gasteiger partial charge in [0, 0.05) is 36.4 Å². The van der Waals surface area contributed by atoms with Crippen molar-refractivity contribution in [1.29, 1.82) is 0 Å². The molecule has 3 heterocycles. The zero-order valence-electron chi connectivity index (χ0n) is 16.3. The maximum Gasteiger partial charge on any atom is 0.255 e. The van der Waals surface area contributed by atoms with Crippen LogP contribution in [0, 0.1) is 13.8 Å². The number of hydrogen-bond donors (Lipinski definition) is 0. The fraction of sp³-hybridized carbons (Fsp3) is 0.304. The number of rotatable bonds is 5. The van der Waals surface area contributed by atoms with Gasteiger partial charge in [-0.15, -0.1) is 0 Å². The van der Waals surface area contributed by atoms with Gasteiger partial charge in [-0.1, -0.05) is 24.3 Å². The molecule has 3 aromatic rings. The number of carbonyl (C=O) groups excluding carboxylic acids is 1. The van der Waals surface area contributed by atoms with Crippen molar-refractivity contribution < 1.29 is 9.53 Å². The quantitative estimate of drug-likeness (QED) is 0.679. The summed E-state index contributed by atoms with van der Waals surface area (Å²) in [4.78, 5) is 19.3. The first kappa shape index (κ1) is 18.4. The van der Waals surface area contributed by atoms with Gasteiger partial charge in [0.1, 0.15) is 0 Å². The monoisotopic (exact) mass is 375 g/mol. The smallest absolute Gasteiger partial charge is 0.255 e. The van der Waals surface area contributed by atoms with E-state index < -0.39 is 0 Å². The lowest BCUT2D eigenvalue weighted by Gasteiger charge is -2.17. The summed E-state index contributed by atoms with van der Waals surface area (Å²) in [6.45, 7) is 5.88. The maximum atomic E-state index is 13.1. The number of benzene rings is 1. The van der Waals surface area contributed by atoms with E-state index in [4.69, 9.17) is 4.74 Å². The van der Waals surface area contributed by atoms with Crippen molar-refractivity contribution in [2.75, 3.05) is 13.1 Å². The lowest BCUT2D eigenvalue weighted by molar-refractivity contribution is 0.0422. The number of nitrogens with zero attached hydrogens (tertiary/aromatic N) is 3. The van der Waals surface area contributed by atoms with Gasteiger partial charge in [0.25, 0.3) is 5.91 Å². The third kappa shape index (κ3) is 3.71. The van der Waals surface area contributed by atoms with Gasteiger partial charge in [0.05, 0.1) is 24.0 Å². The first-order valence-electron chi connectivity index (χ1n) is 9.68. The molecule has 1 aliphatic heterocycles. The Morgan fingerprint density at radius 3 is 2.68 bits per heavy atom. The van der Waals surface area contributed by atoms with E-state index in [0.717, 1.165) is 41.3 Å². The van der Waals surface area contributed by atoms with Crippen LogP contribution in [-0.2, 0) is 11.3 Å². The second-order valence-electron chi connectivity index (χ2n) is 7.25. The molecule has 0 unspecified atom stereocenters. The van der Waals surface area contributed by atoms with E-state index >= 15 is 0 Å². The Kier molecular flexibility index (Phi) is 5.26. The molecule has 4 rings (SSSR count). The fourth-order valence-electron chi connectivity index (χ4n) is 3.86. The third-order valence-electron chi connectivity index (χ3n) is 5.30. The molecular weight excluding hydrogens is 350 g/mol. The minimum absolute atomic E-state index is 0.0589. The van der Waals surface area contributed by atoms with Crippen LogP contribution in [0.25, 0.3) is 5.69 Å². The Morgan fingerprint density at radius 2 is 1.93 bits per heavy atom. The molecule has 2 aromatic heterocycles. The molecule has 1 saturated heterocycles. The van der Waals surface area contributed by atoms with Crippen molar-refractivity contribution in [2.45, 2.75) is 33.0 Å². The van der Waals surface area contributed by atoms with E-state index in [1.165, 1.54) is 0 Å². The Balaban J connectivity index is 1.44. The van der Waals surface area contributed by atoms with Crippen molar-refractivity contribution in [3.05, 3.63) is 83.4 Å². The van der Waals surface area contributed by atoms with E-state index in [2.05, 4.69) is 21.7 Å². The standard InChI is InChI=1S/C23H25N3O2/c1-17-14-22(18(2)26(17)20-9-4-3-5-10-20)23(27)25-13-11-21(15-25)28-16-19-8-6-7-12-24-19/h3-10,12,14,21H,11,13,15-16H2,1-2H3/t21-/m0/s1. The number of pyridine rings is 1. The molecule has 5 nitrogen and oxygen atoms in total. The van der Waals surface area contributed by atoms with E-state index in [9.17, 15) is 4.79 Å². The van der Waals surface area contributed by atoms with E-state index in [-0.39, 0.29) is 12.0 Å². The molecule has 0 saturated carbocycles. The highest BCUT2D eigenvalue weighted by atomic mass is 16.5. The fourth-order valence-corrected chi connectivity index (χ4v) is 3.86. The van der Waals surface area contributed by atoms with Crippen LogP contribution in [0.2, 0.25) is 0 Å². The van der Waals surface area contributed by atoms with Crippen molar-refractivity contribution >= 4 is 5.91 Å². The average Bonchev–Trinajstić information content (AvgIpc) is 3.32. The van der Waals surface area contributed by atoms with Gasteiger partial charge in [-0.3, -0.25) is 9.78 Å². The Morgan fingerprint density at radius 1 is 1.14 bits per heavy atom. The minimum Gasteiger partial charge on any atom is -0.370 e. The molecule has 1 amide bonds. The van der Waals surface area contributed by atoms with Crippen LogP contribution >= 0.6 is 0 Å². The zero-order valence-corrected chi connectivity index (χ0v) is 16.3. The summed E-state index contributed by atoms with van der Waals surface area (Å²) in [7, 11) is 0. The Bertz CT molecular complexity index is 951. The third-order valence-corrected chi connectivity index (χ3v) is 5.30. The number of ether oxygens (including phenoxy) is 1. The summed E-state index contributed by atoms with van der Waals surface area (Å²) in [5, 5.41) is 0. The number of amides is 1. The molecule has 1 aromatic carbocycles. The van der Waals surface area contributed by atoms with Gasteiger partial charge in [-0.2, -0.15) is 0 Å². The molecule has 0 aliphatic carbocycles. The average molecular weight is 375 g/mol. The van der Waals surface area contributed by atoms with Crippen LogP contribution < -0.4 is 0 Å². The predicted octanol–water partition coefficient (Wildman–Crippen LogP) is 3.92. The minimum atomic E-state index is 0.0589. The molecule has 28 heavy (non-hydrogen) atoms. The second-order valence-corrected chi connectivity index (χ2v) is 7.25. The molecule has 1 fully saturated rings. The molecule has 0 spiro atoms. The number of likely N-dealkylation sites (tertiary alicyclic amines) is 1. The highest BCUT2D eigenvalue weighted by molar-refractivity contribution is 5.96. The van der Waals surface area contributed by atoms with Crippen LogP contribution in [-0.4, -0.2) is 39.6 Å². The number of carbonyl (C=O) groups is 1. The number of hydrogen-bond acceptors (Lipinski definition) is 3. The molecule has 5 heteroatoms. The Labute approximate surface area is 165 Å². The van der Waals surface area contributed by atoms with Gasteiger partial charge in [0.2, 0.25) is 0 Å². The molecule has 144 valence electrons. The second kappa shape index (κ2) is 7.98. The predicted molar refractivity (Wildman–Crippen MR) is 109 cm³/mol. The molecular formula is C23H25N3O2. The van der Waals surface area contributed by atoms with Crippen molar-refractivity contribution in [3.8, 4) is 5.69 Å². The summed E-state index contributed by atoms with van der Waals surface area (Å²) in [5.41, 5.74) is 4.81. The number of aromatic nitrogens is 2. The van der Waals surface area contributed by atoms with Gasteiger partial charge < -0.3 is 14.2 Å². The molecule has 1 aliphatic rings. The topological polar surface area (TPSA) is 47.4 Å². The summed E-state index contributed by atoms with van der Waals surface area (Å²) in [6.07, 6.45) is 2.69. The SMILES string of the molecule is Cc1cc(C(=O)N2CC[C@H](OCc3ccccn3)C2)c(C)n1-c1ccccc1. The summed E-state index contributed by atoms with van der Waals surface area (Å²) in [5.74, 6) is 0.0826. The van der Waals surface area contributed by atoms with E-state index in [1.54, 1.807) is 6.20 Å². The van der Waals surface area contributed by atoms with E-state index in [1.807, 2.05) is 61.2 Å². The lowest BCUT2D eigenvalue weighted by atomic mass is 10.2. The molecule has 0 bridgehead atoms. The van der Waals surface area contributed by atoms with Gasteiger partial charge in [-0.05, 0) is 50.6 Å². The largest absolute Gasteiger partial charge is 0.370 e. The first-order valence-corrected chi connectivity index (χ1v) is 9.68. The summed E-state index contributed by atoms with van der Waals surface area (Å²) < 4.78 is 8.11. The van der Waals surface area contributed by atoms with Gasteiger partial charge in [0.15, 0.2) is 0 Å². The van der Waals surface area contributed by atoms with Crippen LogP contribution in [0.5, 0.6) is 0 Å². The normalized spacial score (nSPS) is 16.5. The lowest BCUT2D eigenvalue weighted by Crippen LogP contribution is -2.30. The van der Waals surface area contributed by atoms with Crippen LogP contribution in [0.1, 0.15) is 33.9 Å².